The molecule has 0 saturated carbocycles. The molecule has 0 bridgehead atoms. The Hall–Kier alpha value is -2.01. The first-order valence-electron chi connectivity index (χ1n) is 6.98. The Morgan fingerprint density at radius 3 is 3.05 bits per heavy atom. The van der Waals surface area contributed by atoms with Crippen LogP contribution < -0.4 is 0 Å². The van der Waals surface area contributed by atoms with Crippen molar-refractivity contribution in [1.29, 1.82) is 0 Å². The highest BCUT2D eigenvalue weighted by molar-refractivity contribution is 8.00. The molecule has 0 aliphatic rings. The Morgan fingerprint density at radius 2 is 2.24 bits per heavy atom. The van der Waals surface area contributed by atoms with Crippen LogP contribution in [0, 0.1) is 0 Å². The van der Waals surface area contributed by atoms with E-state index in [4.69, 9.17) is 0 Å². The molecule has 0 unspecified atom stereocenters. The van der Waals surface area contributed by atoms with Crippen LogP contribution in [-0.2, 0) is 6.54 Å². The second-order valence-corrected chi connectivity index (χ2v) is 6.18. The molecule has 0 amide bonds. The summed E-state index contributed by atoms with van der Waals surface area (Å²) >= 11 is 1.50. The predicted molar refractivity (Wildman–Crippen MR) is 85.8 cm³/mol. The second-order valence-electron chi connectivity index (χ2n) is 4.87. The lowest BCUT2D eigenvalue weighted by molar-refractivity contribution is 0.0995. The van der Waals surface area contributed by atoms with Crippen LogP contribution in [0.3, 0.4) is 0 Å². The maximum atomic E-state index is 12.7. The fourth-order valence-electron chi connectivity index (χ4n) is 2.36. The Kier molecular flexibility index (Phi) is 3.84. The molecule has 0 saturated heterocycles. The number of Topliss-reactive ketones (excluding diaryl/α,β-unsaturated/α-hetero) is 1. The molecule has 1 N–H and O–H groups in total. The number of hydrogen-bond acceptors (Lipinski definition) is 3. The van der Waals surface area contributed by atoms with Crippen LogP contribution in [0.1, 0.15) is 24.2 Å². The van der Waals surface area contributed by atoms with Gasteiger partial charge >= 0.3 is 0 Å². The highest BCUT2D eigenvalue weighted by atomic mass is 32.2. The molecular weight excluding hydrogens is 282 g/mol. The van der Waals surface area contributed by atoms with Crippen molar-refractivity contribution in [2.45, 2.75) is 30.8 Å². The topological polar surface area (TPSA) is 50.7 Å². The molecular formula is C16H17N3OS. The van der Waals surface area contributed by atoms with Crippen LogP contribution in [0.2, 0.25) is 0 Å². The summed E-state index contributed by atoms with van der Waals surface area (Å²) < 4.78 is 2.05. The number of thioether (sulfide) groups is 1. The van der Waals surface area contributed by atoms with Gasteiger partial charge in [0.2, 0.25) is 0 Å². The normalized spacial score (nSPS) is 12.7. The van der Waals surface area contributed by atoms with E-state index in [1.54, 1.807) is 12.4 Å². The Morgan fingerprint density at radius 1 is 1.43 bits per heavy atom. The standard InChI is InChI=1S/C16H17N3OS/c1-3-19-9-8-17-16(19)21-11(2)15(20)13-10-18-14-7-5-4-6-12(13)14/h4-11,18H,3H2,1-2H3/t11-/m0/s1. The number of benzene rings is 1. The summed E-state index contributed by atoms with van der Waals surface area (Å²) in [6.45, 7) is 4.86. The fourth-order valence-corrected chi connectivity index (χ4v) is 3.36. The van der Waals surface area contributed by atoms with Gasteiger partial charge in [-0.2, -0.15) is 0 Å². The molecule has 3 aromatic rings. The number of nitrogens with one attached hydrogen (secondary N) is 1. The van der Waals surface area contributed by atoms with E-state index in [-0.39, 0.29) is 11.0 Å². The maximum Gasteiger partial charge on any atom is 0.178 e. The second kappa shape index (κ2) is 5.77. The van der Waals surface area contributed by atoms with Crippen molar-refractivity contribution in [2.24, 2.45) is 0 Å². The smallest absolute Gasteiger partial charge is 0.178 e. The predicted octanol–water partition coefficient (Wildman–Crippen LogP) is 3.75. The molecule has 2 heterocycles. The summed E-state index contributed by atoms with van der Waals surface area (Å²) in [4.78, 5) is 20.1. The quantitative estimate of drug-likeness (QED) is 0.576. The number of nitrogens with zero attached hydrogens (tertiary/aromatic N) is 2. The summed E-state index contributed by atoms with van der Waals surface area (Å²) in [5, 5.41) is 1.70. The molecule has 1 atom stereocenters. The summed E-state index contributed by atoms with van der Waals surface area (Å²) in [5.41, 5.74) is 1.74. The van der Waals surface area contributed by atoms with Gasteiger partial charge in [-0.1, -0.05) is 30.0 Å². The molecule has 0 radical (unpaired) electrons. The molecule has 4 nitrogen and oxygen atoms in total. The van der Waals surface area contributed by atoms with Gasteiger partial charge < -0.3 is 9.55 Å². The van der Waals surface area contributed by atoms with Gasteiger partial charge in [0.05, 0.1) is 5.25 Å². The van der Waals surface area contributed by atoms with E-state index in [9.17, 15) is 4.79 Å². The van der Waals surface area contributed by atoms with Crippen molar-refractivity contribution in [3.8, 4) is 0 Å². The van der Waals surface area contributed by atoms with Gasteiger partial charge in [-0.05, 0) is 19.9 Å². The molecule has 0 spiro atoms. The van der Waals surface area contributed by atoms with E-state index < -0.39 is 0 Å². The first kappa shape index (κ1) is 13.9. The lowest BCUT2D eigenvalue weighted by Crippen LogP contribution is -2.14. The highest BCUT2D eigenvalue weighted by Gasteiger charge is 2.21. The number of ketones is 1. The van der Waals surface area contributed by atoms with Crippen LogP contribution in [0.5, 0.6) is 0 Å². The number of aryl methyl sites for hydroxylation is 1. The van der Waals surface area contributed by atoms with E-state index in [0.717, 1.165) is 28.2 Å². The molecule has 1 aromatic carbocycles. The van der Waals surface area contributed by atoms with Crippen molar-refractivity contribution in [3.05, 3.63) is 48.4 Å². The number of carbonyl (C=O) groups excluding carboxylic acids is 1. The van der Waals surface area contributed by atoms with Crippen LogP contribution >= 0.6 is 11.8 Å². The Labute approximate surface area is 127 Å². The summed E-state index contributed by atoms with van der Waals surface area (Å²) in [5.74, 6) is 0.128. The van der Waals surface area contributed by atoms with Gasteiger partial charge in [0.25, 0.3) is 0 Å². The van der Waals surface area contributed by atoms with Crippen molar-refractivity contribution in [1.82, 2.24) is 14.5 Å². The number of H-pyrrole nitrogens is 1. The van der Waals surface area contributed by atoms with E-state index in [1.165, 1.54) is 11.8 Å². The van der Waals surface area contributed by atoms with E-state index in [1.807, 2.05) is 42.0 Å². The van der Waals surface area contributed by atoms with Crippen LogP contribution in [0.4, 0.5) is 0 Å². The maximum absolute atomic E-state index is 12.7. The molecule has 21 heavy (non-hydrogen) atoms. The molecule has 2 aromatic heterocycles. The summed E-state index contributed by atoms with van der Waals surface area (Å²) in [6.07, 6.45) is 5.51. The van der Waals surface area contributed by atoms with Crippen LogP contribution in [-0.4, -0.2) is 25.6 Å². The zero-order valence-corrected chi connectivity index (χ0v) is 12.9. The van der Waals surface area contributed by atoms with Gasteiger partial charge in [0.1, 0.15) is 0 Å². The van der Waals surface area contributed by atoms with Gasteiger partial charge in [0, 0.05) is 41.6 Å². The number of carbonyl (C=O) groups is 1. The molecule has 5 heteroatoms. The van der Waals surface area contributed by atoms with Crippen LogP contribution in [0.25, 0.3) is 10.9 Å². The zero-order valence-electron chi connectivity index (χ0n) is 12.0. The zero-order chi connectivity index (χ0) is 14.8. The van der Waals surface area contributed by atoms with Crippen LogP contribution in [0.15, 0.2) is 48.0 Å². The molecule has 3 rings (SSSR count). The lowest BCUT2D eigenvalue weighted by atomic mass is 10.1. The minimum Gasteiger partial charge on any atom is -0.360 e. The third-order valence-electron chi connectivity index (χ3n) is 3.52. The number of imidazole rings is 1. The van der Waals surface area contributed by atoms with Gasteiger partial charge in [-0.25, -0.2) is 4.98 Å². The van der Waals surface area contributed by atoms with Gasteiger partial charge in [-0.15, -0.1) is 0 Å². The summed E-state index contributed by atoms with van der Waals surface area (Å²) in [7, 11) is 0. The van der Waals surface area contributed by atoms with E-state index >= 15 is 0 Å². The number of hydrogen-bond donors (Lipinski definition) is 1. The number of fused-ring (bicyclic) bond motifs is 1. The number of rotatable bonds is 5. The van der Waals surface area contributed by atoms with Gasteiger partial charge in [-0.3, -0.25) is 4.79 Å². The third-order valence-corrected chi connectivity index (χ3v) is 4.64. The van der Waals surface area contributed by atoms with Crippen molar-refractivity contribution < 1.29 is 4.79 Å². The van der Waals surface area contributed by atoms with Crippen molar-refractivity contribution >= 4 is 28.4 Å². The number of aromatic amines is 1. The average molecular weight is 299 g/mol. The third kappa shape index (κ3) is 2.61. The Bertz CT molecular complexity index is 775. The SMILES string of the molecule is CCn1ccnc1S[C@@H](C)C(=O)c1c[nH]c2ccccc12. The monoisotopic (exact) mass is 299 g/mol. The molecule has 108 valence electrons. The fraction of sp³-hybridized carbons (Fsp3) is 0.250. The van der Waals surface area contributed by atoms with Crippen molar-refractivity contribution in [2.75, 3.05) is 0 Å². The molecule has 0 aliphatic carbocycles. The highest BCUT2D eigenvalue weighted by Crippen LogP contribution is 2.27. The average Bonchev–Trinajstić information content (AvgIpc) is 3.12. The Balaban J connectivity index is 1.84. The molecule has 0 fully saturated rings. The largest absolute Gasteiger partial charge is 0.360 e. The minimum absolute atomic E-state index is 0.128. The first-order valence-corrected chi connectivity index (χ1v) is 7.86. The molecule has 0 aliphatic heterocycles. The van der Waals surface area contributed by atoms with Gasteiger partial charge in [0.15, 0.2) is 10.9 Å². The number of para-hydroxylation sites is 1. The number of aromatic nitrogens is 3. The van der Waals surface area contributed by atoms with E-state index in [0.29, 0.717) is 0 Å². The minimum atomic E-state index is -0.170. The van der Waals surface area contributed by atoms with Crippen molar-refractivity contribution in [3.63, 3.8) is 0 Å². The first-order chi connectivity index (χ1) is 10.2. The lowest BCUT2D eigenvalue weighted by Gasteiger charge is -2.10. The summed E-state index contributed by atoms with van der Waals surface area (Å²) in [6, 6.07) is 7.87. The van der Waals surface area contributed by atoms with E-state index in [2.05, 4.69) is 16.9 Å².